The second-order valence-electron chi connectivity index (χ2n) is 6.72. The normalized spacial score (nSPS) is 12.5. The van der Waals surface area contributed by atoms with Crippen molar-refractivity contribution in [1.29, 1.82) is 0 Å². The van der Waals surface area contributed by atoms with Crippen LogP contribution in [0, 0.1) is 0 Å². The number of hydrogen-bond donors (Lipinski definition) is 1. The fraction of sp³-hybridized carbons (Fsp3) is 0.375. The first-order valence-electron chi connectivity index (χ1n) is 10.6. The summed E-state index contributed by atoms with van der Waals surface area (Å²) in [5.41, 5.74) is 1.57. The number of rotatable bonds is 13. The molecule has 0 aliphatic heterocycles. The molecule has 162 valence electrons. The molecule has 0 aliphatic carbocycles. The van der Waals surface area contributed by atoms with Gasteiger partial charge in [0, 0.05) is 42.6 Å². The Bertz CT molecular complexity index is 788. The number of aliphatic hydroxyl groups excluding tert-OH is 1. The highest BCUT2D eigenvalue weighted by Crippen LogP contribution is 2.27. The Morgan fingerprint density at radius 3 is 1.73 bits per heavy atom. The average Bonchev–Trinajstić information content (AvgIpc) is 2.78. The quantitative estimate of drug-likeness (QED) is 0.193. The van der Waals surface area contributed by atoms with Gasteiger partial charge in [0.1, 0.15) is 5.76 Å². The van der Waals surface area contributed by atoms with Crippen molar-refractivity contribution in [3.8, 4) is 0 Å². The van der Waals surface area contributed by atoms with E-state index in [1.165, 1.54) is 0 Å². The minimum atomic E-state index is -2.81. The number of hydrogen-bond acceptors (Lipinski definition) is 5. The van der Waals surface area contributed by atoms with Crippen LogP contribution in [-0.4, -0.2) is 39.5 Å². The Balaban J connectivity index is 2.28. The van der Waals surface area contributed by atoms with Gasteiger partial charge in [-0.25, -0.2) is 0 Å². The van der Waals surface area contributed by atoms with Gasteiger partial charge in [-0.2, -0.15) is 0 Å². The highest BCUT2D eigenvalue weighted by Gasteiger charge is 2.40. The van der Waals surface area contributed by atoms with Gasteiger partial charge in [0.05, 0.1) is 0 Å². The Morgan fingerprint density at radius 2 is 1.27 bits per heavy atom. The van der Waals surface area contributed by atoms with Crippen molar-refractivity contribution < 1.29 is 23.2 Å². The van der Waals surface area contributed by atoms with Crippen molar-refractivity contribution in [2.24, 2.45) is 0 Å². The van der Waals surface area contributed by atoms with Crippen LogP contribution in [0.15, 0.2) is 66.2 Å². The predicted octanol–water partition coefficient (Wildman–Crippen LogP) is 5.67. The second kappa shape index (κ2) is 12.4. The minimum Gasteiger partial charge on any atom is -0.507 e. The molecular formula is C24H32O5Si. The van der Waals surface area contributed by atoms with E-state index >= 15 is 0 Å². The van der Waals surface area contributed by atoms with Gasteiger partial charge in [-0.3, -0.25) is 4.79 Å². The summed E-state index contributed by atoms with van der Waals surface area (Å²) >= 11 is 0. The predicted molar refractivity (Wildman–Crippen MR) is 121 cm³/mol. The average molecular weight is 429 g/mol. The van der Waals surface area contributed by atoms with E-state index in [1.807, 2.05) is 57.2 Å². The molecule has 0 saturated carbocycles. The molecule has 0 amide bonds. The fourth-order valence-corrected chi connectivity index (χ4v) is 5.97. The molecule has 6 heteroatoms. The Kier molecular flexibility index (Phi) is 9.96. The Labute approximate surface area is 180 Å². The van der Waals surface area contributed by atoms with E-state index in [0.29, 0.717) is 55.4 Å². The van der Waals surface area contributed by atoms with Gasteiger partial charge in [-0.15, -0.1) is 0 Å². The van der Waals surface area contributed by atoms with Crippen molar-refractivity contribution >= 4 is 20.3 Å². The zero-order valence-corrected chi connectivity index (χ0v) is 19.1. The number of Topliss-reactive ketones (excluding diaryl/α,β-unsaturated/α-hetero) is 1. The van der Waals surface area contributed by atoms with E-state index in [9.17, 15) is 9.90 Å². The number of allylic oxidation sites excluding steroid dienone is 1. The molecule has 30 heavy (non-hydrogen) atoms. The first-order chi connectivity index (χ1) is 14.6. The summed E-state index contributed by atoms with van der Waals surface area (Å²) < 4.78 is 17.7. The summed E-state index contributed by atoms with van der Waals surface area (Å²) in [6.07, 6.45) is 1.01. The molecule has 0 fully saturated rings. The summed E-state index contributed by atoms with van der Waals surface area (Å²) in [6, 6.07) is 18.8. The van der Waals surface area contributed by atoms with Crippen molar-refractivity contribution in [3.05, 3.63) is 77.4 Å². The lowest BCUT2D eigenvalue weighted by Crippen LogP contribution is -2.45. The van der Waals surface area contributed by atoms with E-state index in [4.69, 9.17) is 13.3 Å². The number of ketones is 1. The lowest BCUT2D eigenvalue weighted by molar-refractivity contribution is 0.0707. The van der Waals surface area contributed by atoms with Gasteiger partial charge in [0.25, 0.3) is 0 Å². The molecule has 0 unspecified atom stereocenters. The van der Waals surface area contributed by atoms with Crippen molar-refractivity contribution in [2.45, 2.75) is 39.7 Å². The third kappa shape index (κ3) is 6.64. The standard InChI is InChI=1S/C24H32O5Si/c1-4-27-30(28-5-2,29-6-3)19-13-18-22(23(25)20-14-9-7-10-15-20)24(26)21-16-11-8-12-17-21/h7-12,14-17,25H,4-6,13,18-19H2,1-3H3/b23-22-. The lowest BCUT2D eigenvalue weighted by Gasteiger charge is -2.28. The molecule has 1 N–H and O–H groups in total. The molecular weight excluding hydrogens is 396 g/mol. The molecule has 0 saturated heterocycles. The van der Waals surface area contributed by atoms with Gasteiger partial charge in [0.15, 0.2) is 5.78 Å². The minimum absolute atomic E-state index is 0.0148. The summed E-state index contributed by atoms with van der Waals surface area (Å²) in [5.74, 6) is -0.158. The van der Waals surface area contributed by atoms with E-state index < -0.39 is 8.80 Å². The van der Waals surface area contributed by atoms with Crippen molar-refractivity contribution in [1.82, 2.24) is 0 Å². The third-order valence-electron chi connectivity index (χ3n) is 4.65. The molecule has 0 aromatic heterocycles. The van der Waals surface area contributed by atoms with Crippen LogP contribution in [0.25, 0.3) is 5.76 Å². The number of benzene rings is 2. The molecule has 5 nitrogen and oxygen atoms in total. The SMILES string of the molecule is CCO[Si](CCC/C(C(=O)c1ccccc1)=C(/O)c1ccccc1)(OCC)OCC. The van der Waals surface area contributed by atoms with E-state index in [1.54, 1.807) is 24.3 Å². The van der Waals surface area contributed by atoms with Crippen molar-refractivity contribution in [3.63, 3.8) is 0 Å². The summed E-state index contributed by atoms with van der Waals surface area (Å²) in [7, 11) is -2.81. The molecule has 2 aromatic carbocycles. The molecule has 2 aromatic rings. The first kappa shape index (κ1) is 24.0. The van der Waals surface area contributed by atoms with E-state index in [-0.39, 0.29) is 11.5 Å². The maximum atomic E-state index is 13.2. The van der Waals surface area contributed by atoms with Crippen LogP contribution in [0.1, 0.15) is 49.5 Å². The first-order valence-corrected chi connectivity index (χ1v) is 12.5. The third-order valence-corrected chi connectivity index (χ3v) is 7.80. The Morgan fingerprint density at radius 1 is 0.800 bits per heavy atom. The van der Waals surface area contributed by atoms with Crippen LogP contribution in [0.3, 0.4) is 0 Å². The van der Waals surface area contributed by atoms with E-state index in [2.05, 4.69) is 0 Å². The molecule has 0 heterocycles. The summed E-state index contributed by atoms with van der Waals surface area (Å²) in [4.78, 5) is 13.2. The summed E-state index contributed by atoms with van der Waals surface area (Å²) in [5, 5.41) is 10.9. The van der Waals surface area contributed by atoms with Crippen molar-refractivity contribution in [2.75, 3.05) is 19.8 Å². The maximum absolute atomic E-state index is 13.2. The molecule has 2 rings (SSSR count). The lowest BCUT2D eigenvalue weighted by atomic mass is 9.96. The monoisotopic (exact) mass is 428 g/mol. The fourth-order valence-electron chi connectivity index (χ4n) is 3.36. The highest BCUT2D eigenvalue weighted by molar-refractivity contribution is 6.60. The number of aliphatic hydroxyl groups is 1. The second-order valence-corrected chi connectivity index (χ2v) is 9.46. The zero-order valence-electron chi connectivity index (χ0n) is 18.1. The highest BCUT2D eigenvalue weighted by atomic mass is 28.4. The van der Waals surface area contributed by atoms with Gasteiger partial charge in [-0.1, -0.05) is 60.7 Å². The number of carbonyl (C=O) groups is 1. The van der Waals surface area contributed by atoms with Crippen LogP contribution < -0.4 is 0 Å². The van der Waals surface area contributed by atoms with Gasteiger partial charge in [-0.05, 0) is 33.6 Å². The smallest absolute Gasteiger partial charge is 0.500 e. The van der Waals surface area contributed by atoms with Crippen LogP contribution in [-0.2, 0) is 13.3 Å². The Hall–Kier alpha value is -2.25. The van der Waals surface area contributed by atoms with Gasteiger partial charge < -0.3 is 18.4 Å². The molecule has 0 spiro atoms. The zero-order chi connectivity index (χ0) is 21.8. The summed E-state index contributed by atoms with van der Waals surface area (Å²) in [6.45, 7) is 7.29. The van der Waals surface area contributed by atoms with Crippen LogP contribution in [0.4, 0.5) is 0 Å². The molecule has 0 atom stereocenters. The maximum Gasteiger partial charge on any atom is 0.500 e. The van der Waals surface area contributed by atoms with Gasteiger partial charge in [0.2, 0.25) is 0 Å². The molecule has 0 radical (unpaired) electrons. The van der Waals surface area contributed by atoms with Crippen LogP contribution in [0.2, 0.25) is 6.04 Å². The largest absolute Gasteiger partial charge is 0.507 e. The molecule has 0 aliphatic rings. The van der Waals surface area contributed by atoms with Crippen LogP contribution >= 0.6 is 0 Å². The van der Waals surface area contributed by atoms with Crippen LogP contribution in [0.5, 0.6) is 0 Å². The van der Waals surface area contributed by atoms with Gasteiger partial charge >= 0.3 is 8.80 Å². The topological polar surface area (TPSA) is 65.0 Å². The molecule has 0 bridgehead atoms. The van der Waals surface area contributed by atoms with E-state index in [0.717, 1.165) is 0 Å². The number of carbonyl (C=O) groups excluding carboxylic acids is 1.